The van der Waals surface area contributed by atoms with Crippen LogP contribution in [-0.2, 0) is 17.8 Å². The summed E-state index contributed by atoms with van der Waals surface area (Å²) in [5.74, 6) is 2.39. The first kappa shape index (κ1) is 21.1. The van der Waals surface area contributed by atoms with Crippen molar-refractivity contribution in [3.8, 4) is 5.75 Å². The minimum Gasteiger partial charge on any atom is -0.497 e. The molecule has 1 aromatic heterocycles. The maximum Gasteiger partial charge on any atom is 0.229 e. The van der Waals surface area contributed by atoms with Gasteiger partial charge in [0.1, 0.15) is 11.6 Å². The number of nitrogens with zero attached hydrogens (tertiary/aromatic N) is 1. The number of nitrogens with one attached hydrogen (secondary N) is 3. The molecule has 3 aromatic rings. The maximum atomic E-state index is 12.3. The van der Waals surface area contributed by atoms with Gasteiger partial charge in [0.2, 0.25) is 5.91 Å². The first-order valence-corrected chi connectivity index (χ1v) is 10.9. The van der Waals surface area contributed by atoms with Gasteiger partial charge in [0.05, 0.1) is 19.2 Å². The van der Waals surface area contributed by atoms with Crippen LogP contribution in [0.2, 0.25) is 0 Å². The Hall–Kier alpha value is -3.12. The summed E-state index contributed by atoms with van der Waals surface area (Å²) in [6, 6.07) is 18.4. The van der Waals surface area contributed by atoms with E-state index < -0.39 is 0 Å². The van der Waals surface area contributed by atoms with Crippen molar-refractivity contribution < 1.29 is 9.53 Å². The molecule has 1 aliphatic rings. The second-order valence-corrected chi connectivity index (χ2v) is 8.17. The average molecular weight is 419 g/mol. The topological polar surface area (TPSA) is 79.0 Å². The molecular weight excluding hydrogens is 388 g/mol. The number of carbonyl (C=O) groups excluding carboxylic acids is 1. The lowest BCUT2D eigenvalue weighted by molar-refractivity contribution is -0.115. The second kappa shape index (κ2) is 9.79. The van der Waals surface area contributed by atoms with E-state index in [1.165, 1.54) is 11.1 Å². The minimum atomic E-state index is -0.0654. The molecule has 6 heteroatoms. The Morgan fingerprint density at radius 3 is 2.65 bits per heavy atom. The minimum absolute atomic E-state index is 0.0654. The summed E-state index contributed by atoms with van der Waals surface area (Å²) in [5, 5.41) is 13.7. The van der Waals surface area contributed by atoms with Crippen molar-refractivity contribution in [2.24, 2.45) is 0 Å². The van der Waals surface area contributed by atoms with Crippen molar-refractivity contribution >= 4 is 11.7 Å². The Morgan fingerprint density at radius 1 is 1.10 bits per heavy atom. The molecule has 1 saturated carbocycles. The normalized spacial score (nSPS) is 17.7. The number of aromatic amines is 1. The fourth-order valence-corrected chi connectivity index (χ4v) is 4.09. The zero-order valence-corrected chi connectivity index (χ0v) is 18.2. The monoisotopic (exact) mass is 418 g/mol. The van der Waals surface area contributed by atoms with E-state index in [0.717, 1.165) is 42.9 Å². The molecule has 0 radical (unpaired) electrons. The van der Waals surface area contributed by atoms with E-state index in [4.69, 9.17) is 4.74 Å². The number of benzene rings is 2. The van der Waals surface area contributed by atoms with Gasteiger partial charge in [0.25, 0.3) is 0 Å². The van der Waals surface area contributed by atoms with E-state index >= 15 is 0 Å². The summed E-state index contributed by atoms with van der Waals surface area (Å²) in [7, 11) is 1.63. The Morgan fingerprint density at radius 2 is 1.90 bits per heavy atom. The summed E-state index contributed by atoms with van der Waals surface area (Å²) < 4.78 is 5.15. The van der Waals surface area contributed by atoms with Gasteiger partial charge in [-0.25, -0.2) is 0 Å². The molecular formula is C25H30N4O2. The number of methoxy groups -OCH3 is 1. The van der Waals surface area contributed by atoms with E-state index in [0.29, 0.717) is 24.1 Å². The van der Waals surface area contributed by atoms with Crippen LogP contribution in [0.5, 0.6) is 5.75 Å². The summed E-state index contributed by atoms with van der Waals surface area (Å²) in [6.45, 7) is 4.02. The number of carbonyl (C=O) groups is 1. The fourth-order valence-electron chi connectivity index (χ4n) is 4.09. The van der Waals surface area contributed by atoms with Crippen LogP contribution >= 0.6 is 0 Å². The number of hydrogen-bond donors (Lipinski definition) is 3. The zero-order valence-electron chi connectivity index (χ0n) is 18.2. The molecule has 1 amide bonds. The first-order valence-electron chi connectivity index (χ1n) is 10.9. The van der Waals surface area contributed by atoms with Gasteiger partial charge in [-0.05, 0) is 54.1 Å². The number of ether oxygens (including phenoxy) is 1. The fraction of sp³-hybridized carbons (Fsp3) is 0.360. The lowest BCUT2D eigenvalue weighted by atomic mass is 9.70. The number of amides is 1. The standard InChI is InChI=1S/C25H30N4O2/c1-3-26-16-18-5-4-6-19(11-18)20-13-21(14-20)23-15-24(29-28-23)27-25(30)12-17-7-9-22(31-2)10-8-17/h4-11,15,20-21,26H,3,12-14,16H2,1-2H3,(H2,27,28,29,30)/t20-,21+. The van der Waals surface area contributed by atoms with E-state index in [2.05, 4.69) is 52.0 Å². The summed E-state index contributed by atoms with van der Waals surface area (Å²) in [6.07, 6.45) is 2.50. The Balaban J connectivity index is 1.28. The maximum absolute atomic E-state index is 12.3. The van der Waals surface area contributed by atoms with E-state index in [9.17, 15) is 4.79 Å². The van der Waals surface area contributed by atoms with Crippen molar-refractivity contribution in [1.29, 1.82) is 0 Å². The number of H-pyrrole nitrogens is 1. The average Bonchev–Trinajstić information content (AvgIpc) is 3.19. The van der Waals surface area contributed by atoms with Gasteiger partial charge in [0.15, 0.2) is 0 Å². The molecule has 6 nitrogen and oxygen atoms in total. The van der Waals surface area contributed by atoms with Crippen LogP contribution in [0.3, 0.4) is 0 Å². The van der Waals surface area contributed by atoms with Crippen molar-refractivity contribution in [2.75, 3.05) is 19.0 Å². The van der Waals surface area contributed by atoms with E-state index in [-0.39, 0.29) is 5.91 Å². The van der Waals surface area contributed by atoms with Crippen LogP contribution in [-0.4, -0.2) is 29.8 Å². The van der Waals surface area contributed by atoms with Crippen LogP contribution in [0.15, 0.2) is 54.6 Å². The predicted octanol–water partition coefficient (Wildman–Crippen LogP) is 4.37. The highest BCUT2D eigenvalue weighted by Gasteiger charge is 2.33. The molecule has 31 heavy (non-hydrogen) atoms. The molecule has 0 unspecified atom stereocenters. The molecule has 1 heterocycles. The smallest absolute Gasteiger partial charge is 0.229 e. The Kier molecular flexibility index (Phi) is 6.67. The summed E-state index contributed by atoms with van der Waals surface area (Å²) in [5.41, 5.74) is 4.72. The molecule has 0 atom stereocenters. The third-order valence-corrected chi connectivity index (χ3v) is 5.95. The van der Waals surface area contributed by atoms with E-state index in [1.807, 2.05) is 30.3 Å². The van der Waals surface area contributed by atoms with Gasteiger partial charge >= 0.3 is 0 Å². The highest BCUT2D eigenvalue weighted by molar-refractivity contribution is 5.91. The molecule has 162 valence electrons. The molecule has 1 aliphatic carbocycles. The number of aromatic nitrogens is 2. The Labute approximate surface area is 183 Å². The highest BCUT2D eigenvalue weighted by Crippen LogP contribution is 2.47. The first-order chi connectivity index (χ1) is 15.1. The lowest BCUT2D eigenvalue weighted by Crippen LogP contribution is -2.21. The van der Waals surface area contributed by atoms with Gasteiger partial charge in [-0.2, -0.15) is 5.10 Å². The van der Waals surface area contributed by atoms with Crippen molar-refractivity contribution in [1.82, 2.24) is 15.5 Å². The summed E-state index contributed by atoms with van der Waals surface area (Å²) >= 11 is 0. The van der Waals surface area contributed by atoms with Gasteiger partial charge in [-0.1, -0.05) is 43.3 Å². The molecule has 0 spiro atoms. The lowest BCUT2D eigenvalue weighted by Gasteiger charge is -2.34. The number of rotatable bonds is 9. The Bertz CT molecular complexity index is 1010. The van der Waals surface area contributed by atoms with Crippen molar-refractivity contribution in [2.45, 2.75) is 44.6 Å². The van der Waals surface area contributed by atoms with Crippen LogP contribution in [0.25, 0.3) is 0 Å². The molecule has 4 rings (SSSR count). The second-order valence-electron chi connectivity index (χ2n) is 8.17. The molecule has 3 N–H and O–H groups in total. The van der Waals surface area contributed by atoms with Crippen LogP contribution in [0, 0.1) is 0 Å². The third kappa shape index (κ3) is 5.33. The third-order valence-electron chi connectivity index (χ3n) is 5.95. The zero-order chi connectivity index (χ0) is 21.6. The van der Waals surface area contributed by atoms with E-state index in [1.54, 1.807) is 7.11 Å². The van der Waals surface area contributed by atoms with Crippen LogP contribution < -0.4 is 15.4 Å². The van der Waals surface area contributed by atoms with Gasteiger partial charge < -0.3 is 15.4 Å². The quantitative estimate of drug-likeness (QED) is 0.482. The van der Waals surface area contributed by atoms with Crippen LogP contribution in [0.4, 0.5) is 5.82 Å². The predicted molar refractivity (Wildman–Crippen MR) is 122 cm³/mol. The van der Waals surface area contributed by atoms with Crippen LogP contribution in [0.1, 0.15) is 54.0 Å². The molecule has 0 aliphatic heterocycles. The largest absolute Gasteiger partial charge is 0.497 e. The SMILES string of the molecule is CCNCc1cccc([C@H]2C[C@@H](c3cc(NC(=O)Cc4ccc(OC)cc4)[nH]n3)C2)c1. The van der Waals surface area contributed by atoms with Crippen molar-refractivity contribution in [3.63, 3.8) is 0 Å². The van der Waals surface area contributed by atoms with Crippen molar-refractivity contribution in [3.05, 3.63) is 77.0 Å². The molecule has 1 fully saturated rings. The van der Waals surface area contributed by atoms with Gasteiger partial charge in [-0.3, -0.25) is 9.89 Å². The van der Waals surface area contributed by atoms with Gasteiger partial charge in [0, 0.05) is 18.5 Å². The molecule has 2 aromatic carbocycles. The summed E-state index contributed by atoms with van der Waals surface area (Å²) in [4.78, 5) is 12.3. The molecule has 0 bridgehead atoms. The molecule has 0 saturated heterocycles. The number of anilines is 1. The highest BCUT2D eigenvalue weighted by atomic mass is 16.5. The number of hydrogen-bond acceptors (Lipinski definition) is 4. The van der Waals surface area contributed by atoms with Gasteiger partial charge in [-0.15, -0.1) is 0 Å².